The summed E-state index contributed by atoms with van der Waals surface area (Å²) in [4.78, 5) is 10.2. The summed E-state index contributed by atoms with van der Waals surface area (Å²) in [7, 11) is 0. The maximum atomic E-state index is 12.4. The number of nitrogens with zero attached hydrogens (tertiary/aromatic N) is 3. The summed E-state index contributed by atoms with van der Waals surface area (Å²) >= 11 is 0. The molecule has 2 heterocycles. The molecule has 0 spiro atoms. The maximum absolute atomic E-state index is 12.4. The van der Waals surface area contributed by atoms with Gasteiger partial charge in [0, 0.05) is 50.9 Å². The van der Waals surface area contributed by atoms with Crippen LogP contribution in [-0.4, -0.2) is 19.6 Å². The normalized spacial score (nSPS) is 14.9. The van der Waals surface area contributed by atoms with Crippen LogP contribution in [-0.2, 0) is 37.3 Å². The van der Waals surface area contributed by atoms with Gasteiger partial charge >= 0.3 is 0 Å². The van der Waals surface area contributed by atoms with E-state index in [1.165, 1.54) is 18.2 Å². The zero-order valence-corrected chi connectivity index (χ0v) is 39.0. The minimum absolute atomic E-state index is 0. The molecule has 2 aromatic heterocycles. The predicted molar refractivity (Wildman–Crippen MR) is 257 cm³/mol. The van der Waals surface area contributed by atoms with Crippen LogP contribution in [0.5, 0.6) is 5.75 Å². The molecule has 0 fully saturated rings. The van der Waals surface area contributed by atoms with Gasteiger partial charge in [0.2, 0.25) is 0 Å². The number of pyridine rings is 1. The molecule has 8 rings (SSSR count). The summed E-state index contributed by atoms with van der Waals surface area (Å²) in [6.45, 7) is 11.2. The van der Waals surface area contributed by atoms with Gasteiger partial charge in [0.15, 0.2) is 0 Å². The molecule has 0 saturated heterocycles. The molecule has 0 unspecified atom stereocenters. The monoisotopic (exact) mass is 1000 g/mol. The summed E-state index contributed by atoms with van der Waals surface area (Å²) in [6, 6.07) is 40.4. The first-order chi connectivity index (χ1) is 32.4. The number of rotatable bonds is 6. The molecule has 0 aliphatic rings. The van der Waals surface area contributed by atoms with Crippen LogP contribution >= 0.6 is 0 Å². The summed E-state index contributed by atoms with van der Waals surface area (Å²) in [5.41, 5.74) is 8.67. The Balaban J connectivity index is 0.00000741. The van der Waals surface area contributed by atoms with Crippen molar-refractivity contribution >= 4 is 11.0 Å². The van der Waals surface area contributed by atoms with Crippen LogP contribution in [0.4, 0.5) is 0 Å². The molecule has 0 aliphatic carbocycles. The number of fused-ring (bicyclic) bond motifs is 1. The Bertz CT molecular complexity index is 3260. The molecular formula is C57H58N3OPt-. The summed E-state index contributed by atoms with van der Waals surface area (Å²) in [6.07, 6.45) is 1.61. The van der Waals surface area contributed by atoms with Crippen LogP contribution in [0.3, 0.4) is 0 Å². The number of aromatic nitrogens is 3. The number of phenols is 1. The van der Waals surface area contributed by atoms with Crippen molar-refractivity contribution in [3.8, 4) is 67.5 Å². The van der Waals surface area contributed by atoms with E-state index in [0.29, 0.717) is 61.6 Å². The van der Waals surface area contributed by atoms with Gasteiger partial charge in [-0.05, 0) is 101 Å². The fraction of sp³-hybridized carbons (Fsp3) is 0.263. The van der Waals surface area contributed by atoms with E-state index in [1.54, 1.807) is 18.3 Å². The largest absolute Gasteiger partial charge is 0.507 e. The number of phenolic OH excluding ortho intramolecular Hbond substituents is 1. The number of hydrogen-bond acceptors (Lipinski definition) is 3. The molecule has 8 aromatic rings. The van der Waals surface area contributed by atoms with Gasteiger partial charge in [0.25, 0.3) is 0 Å². The van der Waals surface area contributed by atoms with Crippen LogP contribution in [0.1, 0.15) is 108 Å². The fourth-order valence-electron chi connectivity index (χ4n) is 7.93. The first-order valence-corrected chi connectivity index (χ1v) is 20.7. The number of para-hydroxylation sites is 1. The Hall–Kier alpha value is -5.57. The third-order valence-corrected chi connectivity index (χ3v) is 11.4. The van der Waals surface area contributed by atoms with Crippen molar-refractivity contribution in [2.45, 2.75) is 99.1 Å². The Kier molecular flexibility index (Phi) is 9.10. The van der Waals surface area contributed by atoms with Crippen LogP contribution in [0.2, 0.25) is 0 Å². The van der Waals surface area contributed by atoms with Gasteiger partial charge in [-0.25, -0.2) is 4.98 Å². The molecule has 1 N–H and O–H groups in total. The Labute approximate surface area is 396 Å². The second-order valence-electron chi connectivity index (χ2n) is 19.1. The van der Waals surface area contributed by atoms with Crippen molar-refractivity contribution in [2.24, 2.45) is 0 Å². The van der Waals surface area contributed by atoms with Crippen molar-refractivity contribution < 1.29 is 38.5 Å². The van der Waals surface area contributed by atoms with Crippen molar-refractivity contribution in [1.29, 1.82) is 0 Å². The number of aromatic hydroxyl groups is 1. The summed E-state index contributed by atoms with van der Waals surface area (Å²) in [5.74, 6) is 0.423. The van der Waals surface area contributed by atoms with Crippen LogP contribution < -0.4 is 0 Å². The van der Waals surface area contributed by atoms with E-state index in [4.69, 9.17) is 22.3 Å². The fourth-order valence-corrected chi connectivity index (χ4v) is 7.93. The first kappa shape index (κ1) is 34.0. The van der Waals surface area contributed by atoms with Gasteiger partial charge in [-0.2, -0.15) is 0 Å². The van der Waals surface area contributed by atoms with E-state index in [2.05, 4.69) is 74.4 Å². The van der Waals surface area contributed by atoms with Gasteiger partial charge in [0.1, 0.15) is 11.6 Å². The molecule has 0 bridgehead atoms. The molecule has 0 aliphatic heterocycles. The molecule has 0 amide bonds. The molecule has 6 aromatic carbocycles. The quantitative estimate of drug-likeness (QED) is 0.169. The molecule has 0 radical (unpaired) electrons. The van der Waals surface area contributed by atoms with Gasteiger partial charge in [-0.15, -0.1) is 29.3 Å². The standard InChI is InChI=1S/C57H58N3O.Pt/c1-35-25-36(2)27-41(26-35)40-23-24-58-49(32-40)43-29-42(30-44(31-43)55(4,5)6)46-19-16-20-51-52(46)59-54(47-33-45(56(7,8)9)34-48(53(47)61)57(10,11)12)60(51)50-22-21-39(28-37(50)3)38-17-14-13-15-18-38;/h13-28,30-34,61H,1-12H3;/q-1;/i1D3,2D3,3D3;. The number of imidazole rings is 1. The number of hydrogen-bond donors (Lipinski definition) is 1. The third-order valence-electron chi connectivity index (χ3n) is 11.4. The predicted octanol–water partition coefficient (Wildman–Crippen LogP) is 15.1. The van der Waals surface area contributed by atoms with Crippen molar-refractivity contribution in [3.63, 3.8) is 0 Å². The number of benzene rings is 6. The minimum atomic E-state index is -2.55. The van der Waals surface area contributed by atoms with Crippen LogP contribution in [0.25, 0.3) is 72.7 Å². The van der Waals surface area contributed by atoms with E-state index in [1.807, 2.05) is 89.5 Å². The van der Waals surface area contributed by atoms with Crippen molar-refractivity contribution in [1.82, 2.24) is 14.5 Å². The van der Waals surface area contributed by atoms with Gasteiger partial charge in [-0.3, -0.25) is 9.55 Å². The second kappa shape index (κ2) is 16.6. The molecule has 0 atom stereocenters. The van der Waals surface area contributed by atoms with E-state index < -0.39 is 26.0 Å². The van der Waals surface area contributed by atoms with Gasteiger partial charge < -0.3 is 5.11 Å². The van der Waals surface area contributed by atoms with Crippen molar-refractivity contribution in [3.05, 3.63) is 167 Å². The molecule has 318 valence electrons. The van der Waals surface area contributed by atoms with E-state index in [0.717, 1.165) is 27.8 Å². The molecule has 4 nitrogen and oxygen atoms in total. The van der Waals surface area contributed by atoms with Gasteiger partial charge in [-0.1, -0.05) is 163 Å². The average Bonchev–Trinajstić information content (AvgIpc) is 3.66. The maximum Gasteiger partial charge on any atom is 0.148 e. The van der Waals surface area contributed by atoms with E-state index >= 15 is 0 Å². The molecular weight excluding hydrogens is 938 g/mol. The van der Waals surface area contributed by atoms with Crippen LogP contribution in [0.15, 0.2) is 128 Å². The number of aryl methyl sites for hydroxylation is 3. The van der Waals surface area contributed by atoms with Crippen LogP contribution in [0, 0.1) is 26.6 Å². The summed E-state index contributed by atoms with van der Waals surface area (Å²) < 4.78 is 77.3. The van der Waals surface area contributed by atoms with Crippen molar-refractivity contribution in [2.75, 3.05) is 0 Å². The van der Waals surface area contributed by atoms with E-state index in [-0.39, 0.29) is 54.3 Å². The third kappa shape index (κ3) is 8.73. The zero-order valence-electron chi connectivity index (χ0n) is 45.7. The Morgan fingerprint density at radius 2 is 1.26 bits per heavy atom. The molecule has 5 heteroatoms. The smallest absolute Gasteiger partial charge is 0.148 e. The first-order valence-electron chi connectivity index (χ1n) is 25.2. The second-order valence-corrected chi connectivity index (χ2v) is 19.1. The SMILES string of the molecule is [2H]C([2H])([2H])c1cc(-c2ccnc(-c3[c-]c(-c4cccc5c4nc(-c4cc(C(C)(C)C)cc(C(C)(C)C)c4O)n5-c4ccc(-c5ccccc5)cc4C([2H])([2H])[2H])cc(C(C)(C)C)c3)c2)cc(C([2H])([2H])[2H])c1.[Pt]. The summed E-state index contributed by atoms with van der Waals surface area (Å²) in [5, 5.41) is 12.4. The molecule has 62 heavy (non-hydrogen) atoms. The Morgan fingerprint density at radius 1 is 0.581 bits per heavy atom. The topological polar surface area (TPSA) is 50.9 Å². The zero-order chi connectivity index (χ0) is 51.1. The molecule has 0 saturated carbocycles. The average molecular weight is 1010 g/mol. The Morgan fingerprint density at radius 3 is 1.92 bits per heavy atom. The minimum Gasteiger partial charge on any atom is -0.507 e. The van der Waals surface area contributed by atoms with Gasteiger partial charge in [0.05, 0.1) is 22.3 Å². The van der Waals surface area contributed by atoms with E-state index in [9.17, 15) is 5.11 Å².